The van der Waals surface area contributed by atoms with Crippen molar-refractivity contribution in [3.63, 3.8) is 0 Å². The highest BCUT2D eigenvalue weighted by molar-refractivity contribution is 5.67. The van der Waals surface area contributed by atoms with Crippen molar-refractivity contribution < 1.29 is 9.53 Å². The first kappa shape index (κ1) is 17.2. The first-order valence-corrected chi connectivity index (χ1v) is 7.59. The standard InChI is InChI=1S/C15H31N3O2/c1-11-10-18(6)12(2)9-13(11)16-7-8-17-14(19)20-15(3,4)5/h11-13,16H,7-10H2,1-6H3,(H,17,19). The van der Waals surface area contributed by atoms with Crippen molar-refractivity contribution in [3.8, 4) is 0 Å². The lowest BCUT2D eigenvalue weighted by atomic mass is 9.90. The van der Waals surface area contributed by atoms with Gasteiger partial charge in [0.2, 0.25) is 0 Å². The summed E-state index contributed by atoms with van der Waals surface area (Å²) in [5.41, 5.74) is -0.435. The van der Waals surface area contributed by atoms with Crippen molar-refractivity contribution in [3.05, 3.63) is 0 Å². The zero-order valence-corrected chi connectivity index (χ0v) is 13.8. The molecule has 20 heavy (non-hydrogen) atoms. The molecule has 0 spiro atoms. The van der Waals surface area contributed by atoms with E-state index < -0.39 is 5.60 Å². The Hall–Kier alpha value is -0.810. The topological polar surface area (TPSA) is 53.6 Å². The summed E-state index contributed by atoms with van der Waals surface area (Å²) in [5.74, 6) is 0.637. The van der Waals surface area contributed by atoms with E-state index in [-0.39, 0.29) is 6.09 Å². The molecule has 1 aliphatic heterocycles. The highest BCUT2D eigenvalue weighted by Gasteiger charge is 2.28. The molecule has 0 aliphatic carbocycles. The number of hydrogen-bond donors (Lipinski definition) is 2. The zero-order chi connectivity index (χ0) is 15.3. The van der Waals surface area contributed by atoms with E-state index in [1.807, 2.05) is 20.8 Å². The van der Waals surface area contributed by atoms with Crippen LogP contribution in [0.4, 0.5) is 4.79 Å². The quantitative estimate of drug-likeness (QED) is 0.774. The second kappa shape index (κ2) is 7.27. The Balaban J connectivity index is 2.19. The Bertz CT molecular complexity index is 315. The molecule has 0 saturated carbocycles. The fourth-order valence-corrected chi connectivity index (χ4v) is 2.56. The van der Waals surface area contributed by atoms with E-state index in [9.17, 15) is 4.79 Å². The Morgan fingerprint density at radius 2 is 1.95 bits per heavy atom. The van der Waals surface area contributed by atoms with Crippen molar-refractivity contribution in [2.45, 2.75) is 58.7 Å². The number of piperidine rings is 1. The molecule has 0 bridgehead atoms. The fraction of sp³-hybridized carbons (Fsp3) is 0.933. The van der Waals surface area contributed by atoms with Gasteiger partial charge in [-0.15, -0.1) is 0 Å². The van der Waals surface area contributed by atoms with Crippen LogP contribution in [-0.2, 0) is 4.74 Å². The lowest BCUT2D eigenvalue weighted by molar-refractivity contribution is 0.0526. The molecule has 2 N–H and O–H groups in total. The van der Waals surface area contributed by atoms with Gasteiger partial charge in [-0.25, -0.2) is 4.79 Å². The maximum atomic E-state index is 11.5. The van der Waals surface area contributed by atoms with E-state index in [1.54, 1.807) is 0 Å². The molecular formula is C15H31N3O2. The molecule has 0 aromatic heterocycles. The summed E-state index contributed by atoms with van der Waals surface area (Å²) in [6.07, 6.45) is 0.813. The number of alkyl carbamates (subject to hydrolysis) is 1. The molecule has 1 amide bonds. The van der Waals surface area contributed by atoms with Gasteiger partial charge < -0.3 is 20.3 Å². The third-order valence-electron chi connectivity index (χ3n) is 3.81. The van der Waals surface area contributed by atoms with Crippen LogP contribution in [0.5, 0.6) is 0 Å². The maximum absolute atomic E-state index is 11.5. The number of carbonyl (C=O) groups is 1. The zero-order valence-electron chi connectivity index (χ0n) is 13.8. The minimum atomic E-state index is -0.435. The van der Waals surface area contributed by atoms with Gasteiger partial charge >= 0.3 is 6.09 Å². The average molecular weight is 285 g/mol. The molecule has 5 nitrogen and oxygen atoms in total. The van der Waals surface area contributed by atoms with E-state index in [2.05, 4.69) is 36.4 Å². The van der Waals surface area contributed by atoms with E-state index in [0.29, 0.717) is 24.5 Å². The number of nitrogens with zero attached hydrogens (tertiary/aromatic N) is 1. The molecule has 1 rings (SSSR count). The van der Waals surface area contributed by atoms with Gasteiger partial charge in [0.25, 0.3) is 0 Å². The lowest BCUT2D eigenvalue weighted by Crippen LogP contribution is -2.52. The summed E-state index contributed by atoms with van der Waals surface area (Å²) in [6.45, 7) is 12.7. The molecule has 3 atom stereocenters. The van der Waals surface area contributed by atoms with Crippen LogP contribution in [0.3, 0.4) is 0 Å². The summed E-state index contributed by atoms with van der Waals surface area (Å²) in [5, 5.41) is 6.32. The van der Waals surface area contributed by atoms with Crippen LogP contribution >= 0.6 is 0 Å². The molecule has 0 aromatic carbocycles. The van der Waals surface area contributed by atoms with Gasteiger partial charge in [0.1, 0.15) is 5.60 Å². The molecule has 1 fully saturated rings. The summed E-state index contributed by atoms with van der Waals surface area (Å²) in [6, 6.07) is 1.14. The molecule has 1 saturated heterocycles. The van der Waals surface area contributed by atoms with Crippen molar-refractivity contribution in [2.75, 3.05) is 26.7 Å². The van der Waals surface area contributed by atoms with Crippen LogP contribution < -0.4 is 10.6 Å². The van der Waals surface area contributed by atoms with Gasteiger partial charge in [-0.3, -0.25) is 0 Å². The van der Waals surface area contributed by atoms with Gasteiger partial charge in [-0.2, -0.15) is 0 Å². The molecule has 1 heterocycles. The Morgan fingerprint density at radius 3 is 2.55 bits per heavy atom. The van der Waals surface area contributed by atoms with Crippen molar-refractivity contribution >= 4 is 6.09 Å². The molecule has 0 aromatic rings. The van der Waals surface area contributed by atoms with Gasteiger partial charge in [-0.05, 0) is 47.1 Å². The van der Waals surface area contributed by atoms with Gasteiger partial charge in [0, 0.05) is 31.7 Å². The van der Waals surface area contributed by atoms with Gasteiger partial charge in [0.05, 0.1) is 0 Å². The fourth-order valence-electron chi connectivity index (χ4n) is 2.56. The largest absolute Gasteiger partial charge is 0.444 e. The minimum absolute atomic E-state index is 0.343. The van der Waals surface area contributed by atoms with Crippen LogP contribution in [0, 0.1) is 5.92 Å². The van der Waals surface area contributed by atoms with Gasteiger partial charge in [-0.1, -0.05) is 6.92 Å². The van der Waals surface area contributed by atoms with E-state index in [0.717, 1.165) is 19.5 Å². The first-order valence-electron chi connectivity index (χ1n) is 7.59. The van der Waals surface area contributed by atoms with Gasteiger partial charge in [0.15, 0.2) is 0 Å². The summed E-state index contributed by atoms with van der Waals surface area (Å²) in [4.78, 5) is 13.9. The van der Waals surface area contributed by atoms with Crippen LogP contribution in [0.2, 0.25) is 0 Å². The highest BCUT2D eigenvalue weighted by Crippen LogP contribution is 2.20. The average Bonchev–Trinajstić information content (AvgIpc) is 2.28. The van der Waals surface area contributed by atoms with Crippen molar-refractivity contribution in [2.24, 2.45) is 5.92 Å². The number of hydrogen-bond acceptors (Lipinski definition) is 4. The highest BCUT2D eigenvalue weighted by atomic mass is 16.6. The second-order valence-electron chi connectivity index (χ2n) is 6.99. The molecule has 0 radical (unpaired) electrons. The predicted molar refractivity (Wildman–Crippen MR) is 81.9 cm³/mol. The molecule has 118 valence electrons. The van der Waals surface area contributed by atoms with Crippen LogP contribution in [0.15, 0.2) is 0 Å². The minimum Gasteiger partial charge on any atom is -0.444 e. The Labute approximate surface area is 123 Å². The number of nitrogens with one attached hydrogen (secondary N) is 2. The molecule has 1 aliphatic rings. The van der Waals surface area contributed by atoms with E-state index in [1.165, 1.54) is 0 Å². The first-order chi connectivity index (χ1) is 9.19. The molecule has 3 unspecified atom stereocenters. The summed E-state index contributed by atoms with van der Waals surface area (Å²) in [7, 11) is 2.18. The number of ether oxygens (including phenoxy) is 1. The summed E-state index contributed by atoms with van der Waals surface area (Å²) < 4.78 is 5.20. The number of amides is 1. The Morgan fingerprint density at radius 1 is 1.30 bits per heavy atom. The third kappa shape index (κ3) is 6.09. The third-order valence-corrected chi connectivity index (χ3v) is 3.81. The predicted octanol–water partition coefficient (Wildman–Crippen LogP) is 1.83. The van der Waals surface area contributed by atoms with Crippen LogP contribution in [-0.4, -0.2) is 55.4 Å². The van der Waals surface area contributed by atoms with E-state index in [4.69, 9.17) is 4.74 Å². The van der Waals surface area contributed by atoms with E-state index >= 15 is 0 Å². The van der Waals surface area contributed by atoms with Crippen LogP contribution in [0.25, 0.3) is 0 Å². The van der Waals surface area contributed by atoms with Crippen molar-refractivity contribution in [1.82, 2.24) is 15.5 Å². The Kier molecular flexibility index (Phi) is 6.27. The lowest BCUT2D eigenvalue weighted by Gasteiger charge is -2.40. The second-order valence-corrected chi connectivity index (χ2v) is 6.99. The molecule has 5 heteroatoms. The van der Waals surface area contributed by atoms with Crippen LogP contribution in [0.1, 0.15) is 41.0 Å². The number of likely N-dealkylation sites (tertiary alicyclic amines) is 1. The summed E-state index contributed by atoms with van der Waals surface area (Å²) >= 11 is 0. The number of rotatable bonds is 4. The van der Waals surface area contributed by atoms with Crippen molar-refractivity contribution in [1.29, 1.82) is 0 Å². The molecular weight excluding hydrogens is 254 g/mol. The number of carbonyl (C=O) groups excluding carboxylic acids is 1. The normalized spacial score (nSPS) is 28.2. The smallest absolute Gasteiger partial charge is 0.407 e. The SMILES string of the molecule is CC1CN(C)C(C)CC1NCCNC(=O)OC(C)(C)C. The maximum Gasteiger partial charge on any atom is 0.407 e. The monoisotopic (exact) mass is 285 g/mol.